The molecule has 1 aliphatic carbocycles. The van der Waals surface area contributed by atoms with E-state index in [2.05, 4.69) is 0 Å². The number of halogens is 3. The summed E-state index contributed by atoms with van der Waals surface area (Å²) in [5, 5.41) is 0. The van der Waals surface area contributed by atoms with Gasteiger partial charge in [0, 0.05) is 17.6 Å². The summed E-state index contributed by atoms with van der Waals surface area (Å²) in [5.74, 6) is -0.752. The van der Waals surface area contributed by atoms with Gasteiger partial charge in [-0.15, -0.1) is 0 Å². The highest BCUT2D eigenvalue weighted by molar-refractivity contribution is 6.23. The van der Waals surface area contributed by atoms with E-state index in [1.165, 1.54) is 14.2 Å². The van der Waals surface area contributed by atoms with Crippen molar-refractivity contribution >= 4 is 11.6 Å². The molecule has 0 radical (unpaired) electrons. The van der Waals surface area contributed by atoms with E-state index in [9.17, 15) is 22.8 Å². The maximum absolute atomic E-state index is 12.4. The zero-order valence-corrected chi connectivity index (χ0v) is 15.6. The van der Waals surface area contributed by atoms with Gasteiger partial charge >= 0.3 is 6.18 Å². The van der Waals surface area contributed by atoms with Gasteiger partial charge in [0.1, 0.15) is 0 Å². The molecule has 26 heavy (non-hydrogen) atoms. The minimum Gasteiger partial charge on any atom is -0.489 e. The van der Waals surface area contributed by atoms with E-state index in [4.69, 9.17) is 9.47 Å². The van der Waals surface area contributed by atoms with Crippen molar-refractivity contribution in [3.8, 4) is 0 Å². The van der Waals surface area contributed by atoms with Gasteiger partial charge in [-0.3, -0.25) is 9.59 Å². The molecule has 0 heterocycles. The average molecular weight is 376 g/mol. The molecule has 7 heteroatoms. The summed E-state index contributed by atoms with van der Waals surface area (Å²) in [7, 11) is 2.66. The quantitative estimate of drug-likeness (QED) is 0.375. The Bertz CT molecular complexity index is 574. The second-order valence-electron chi connectivity index (χ2n) is 6.42. The van der Waals surface area contributed by atoms with Gasteiger partial charge in [0.15, 0.2) is 0 Å². The van der Waals surface area contributed by atoms with Crippen molar-refractivity contribution < 1.29 is 32.2 Å². The molecule has 4 nitrogen and oxygen atoms in total. The fourth-order valence-corrected chi connectivity index (χ4v) is 3.00. The third kappa shape index (κ3) is 6.50. The fraction of sp³-hybridized carbons (Fsp3) is 0.684. The molecule has 0 bridgehead atoms. The molecule has 0 atom stereocenters. The number of carbonyl (C=O) groups is 2. The van der Waals surface area contributed by atoms with Crippen molar-refractivity contribution in [2.75, 3.05) is 14.2 Å². The lowest BCUT2D eigenvalue weighted by Crippen LogP contribution is -2.25. The molecule has 0 unspecified atom stereocenters. The van der Waals surface area contributed by atoms with E-state index < -0.39 is 12.6 Å². The number of hydrogen-bond donors (Lipinski definition) is 0. The van der Waals surface area contributed by atoms with Gasteiger partial charge in [-0.2, -0.15) is 13.2 Å². The lowest BCUT2D eigenvalue weighted by atomic mass is 9.89. The zero-order valence-electron chi connectivity index (χ0n) is 15.6. The van der Waals surface area contributed by atoms with E-state index in [0.29, 0.717) is 24.0 Å². The Labute approximate surface area is 152 Å². The molecule has 148 valence electrons. The molecule has 0 fully saturated rings. The Hall–Kier alpha value is -1.79. The number of carbonyl (C=O) groups excluding carboxylic acids is 2. The molecule has 0 N–H and O–H groups in total. The van der Waals surface area contributed by atoms with Gasteiger partial charge < -0.3 is 9.47 Å². The van der Waals surface area contributed by atoms with Gasteiger partial charge in [0.2, 0.25) is 23.1 Å². The molecule has 0 aromatic rings. The van der Waals surface area contributed by atoms with Crippen LogP contribution >= 0.6 is 0 Å². The van der Waals surface area contributed by atoms with Crippen LogP contribution < -0.4 is 0 Å². The molecule has 1 rings (SSSR count). The lowest BCUT2D eigenvalue weighted by molar-refractivity contribution is -0.135. The monoisotopic (exact) mass is 376 g/mol. The Morgan fingerprint density at radius 3 is 1.73 bits per heavy atom. The molecular formula is C19H27F3O4. The van der Waals surface area contributed by atoms with E-state index >= 15 is 0 Å². The predicted octanol–water partition coefficient (Wildman–Crippen LogP) is 5.03. The third-order valence-corrected chi connectivity index (χ3v) is 4.48. The van der Waals surface area contributed by atoms with Crippen LogP contribution in [0.15, 0.2) is 22.7 Å². The molecule has 0 aliphatic heterocycles. The largest absolute Gasteiger partial charge is 0.489 e. The van der Waals surface area contributed by atoms with Crippen LogP contribution in [0.4, 0.5) is 13.2 Å². The topological polar surface area (TPSA) is 52.6 Å². The highest BCUT2D eigenvalue weighted by atomic mass is 19.4. The van der Waals surface area contributed by atoms with Crippen molar-refractivity contribution in [2.24, 2.45) is 0 Å². The molecule has 1 aliphatic rings. The number of ketones is 2. The second-order valence-corrected chi connectivity index (χ2v) is 6.42. The minimum absolute atomic E-state index is 0.0530. The summed E-state index contributed by atoms with van der Waals surface area (Å²) in [5.41, 5.74) is 0.845. The van der Waals surface area contributed by atoms with Crippen LogP contribution in [-0.2, 0) is 19.1 Å². The summed E-state index contributed by atoms with van der Waals surface area (Å²) in [4.78, 5) is 24.7. The number of hydrogen-bond acceptors (Lipinski definition) is 4. The van der Waals surface area contributed by atoms with Crippen molar-refractivity contribution in [1.82, 2.24) is 0 Å². The predicted molar refractivity (Wildman–Crippen MR) is 91.4 cm³/mol. The molecule has 0 aromatic heterocycles. The highest BCUT2D eigenvalue weighted by Crippen LogP contribution is 2.29. The number of unbranched alkanes of at least 4 members (excludes halogenated alkanes) is 6. The first-order chi connectivity index (χ1) is 12.2. The average Bonchev–Trinajstić information content (AvgIpc) is 2.57. The van der Waals surface area contributed by atoms with Gasteiger partial charge in [-0.1, -0.05) is 32.1 Å². The first-order valence-electron chi connectivity index (χ1n) is 8.91. The zero-order chi connectivity index (χ0) is 19.7. The van der Waals surface area contributed by atoms with Crippen molar-refractivity contribution in [2.45, 2.75) is 70.9 Å². The lowest BCUT2D eigenvalue weighted by Gasteiger charge is -2.20. The van der Waals surface area contributed by atoms with Crippen LogP contribution in [0.3, 0.4) is 0 Å². The van der Waals surface area contributed by atoms with Crippen molar-refractivity contribution in [3.63, 3.8) is 0 Å². The third-order valence-electron chi connectivity index (χ3n) is 4.48. The molecular weight excluding hydrogens is 349 g/mol. The number of methoxy groups -OCH3 is 2. The van der Waals surface area contributed by atoms with E-state index in [-0.39, 0.29) is 29.5 Å². The van der Waals surface area contributed by atoms with Gasteiger partial charge in [-0.05, 0) is 26.2 Å². The maximum atomic E-state index is 12.4. The number of alkyl halides is 3. The summed E-state index contributed by atoms with van der Waals surface area (Å²) < 4.78 is 46.1. The molecule has 0 saturated carbocycles. The number of ether oxygens (including phenoxy) is 2. The van der Waals surface area contributed by atoms with Crippen LogP contribution in [0.2, 0.25) is 0 Å². The second kappa shape index (κ2) is 10.4. The van der Waals surface area contributed by atoms with E-state index in [1.54, 1.807) is 6.92 Å². The summed E-state index contributed by atoms with van der Waals surface area (Å²) in [6.07, 6.45) is 0.629. The molecule has 0 saturated heterocycles. The summed E-state index contributed by atoms with van der Waals surface area (Å²) in [6.45, 7) is 1.61. The van der Waals surface area contributed by atoms with Crippen LogP contribution in [0.5, 0.6) is 0 Å². The Morgan fingerprint density at radius 2 is 1.23 bits per heavy atom. The normalized spacial score (nSPS) is 15.8. The SMILES string of the molecule is COC1=C(OC)C(=O)C(CCCCCCCCCC(F)(F)F)=C(C)C1=O. The van der Waals surface area contributed by atoms with Crippen LogP contribution in [0.1, 0.15) is 64.7 Å². The molecule has 0 spiro atoms. The van der Waals surface area contributed by atoms with Crippen LogP contribution in [0, 0.1) is 0 Å². The Balaban J connectivity index is 2.34. The van der Waals surface area contributed by atoms with Gasteiger partial charge in [0.05, 0.1) is 14.2 Å². The fourth-order valence-electron chi connectivity index (χ4n) is 3.00. The molecule has 0 amide bonds. The number of rotatable bonds is 11. The standard InChI is InChI=1S/C19H27F3O4/c1-13-14(16(24)18(26-3)17(25-2)15(13)23)11-9-7-5-4-6-8-10-12-19(20,21)22/h4-12H2,1-3H3. The first-order valence-corrected chi connectivity index (χ1v) is 8.91. The van der Waals surface area contributed by atoms with Crippen molar-refractivity contribution in [1.29, 1.82) is 0 Å². The number of allylic oxidation sites excluding steroid dienone is 2. The van der Waals surface area contributed by atoms with Crippen molar-refractivity contribution in [3.05, 3.63) is 22.7 Å². The van der Waals surface area contributed by atoms with Crippen LogP contribution in [-0.4, -0.2) is 32.0 Å². The first kappa shape index (κ1) is 22.3. The minimum atomic E-state index is -4.06. The van der Waals surface area contributed by atoms with Gasteiger partial charge in [-0.25, -0.2) is 0 Å². The maximum Gasteiger partial charge on any atom is 0.389 e. The Kier molecular flexibility index (Phi) is 8.88. The smallest absolute Gasteiger partial charge is 0.389 e. The Morgan fingerprint density at radius 1 is 0.769 bits per heavy atom. The number of Topliss-reactive ketones (excluding diaryl/α,β-unsaturated/α-hetero) is 2. The van der Waals surface area contributed by atoms with Crippen LogP contribution in [0.25, 0.3) is 0 Å². The van der Waals surface area contributed by atoms with Gasteiger partial charge in [0.25, 0.3) is 0 Å². The highest BCUT2D eigenvalue weighted by Gasteiger charge is 2.34. The van der Waals surface area contributed by atoms with E-state index in [0.717, 1.165) is 32.1 Å². The molecule has 0 aromatic carbocycles. The summed E-state index contributed by atoms with van der Waals surface area (Å²) >= 11 is 0. The van der Waals surface area contributed by atoms with E-state index in [1.807, 2.05) is 0 Å². The summed E-state index contributed by atoms with van der Waals surface area (Å²) in [6, 6.07) is 0.